The van der Waals surface area contributed by atoms with Gasteiger partial charge in [-0.3, -0.25) is 24.7 Å². The molecule has 134 valence electrons. The number of benzene rings is 1. The van der Waals surface area contributed by atoms with Crippen LogP contribution in [-0.2, 0) is 16.1 Å². The third-order valence-corrected chi connectivity index (χ3v) is 4.75. The van der Waals surface area contributed by atoms with E-state index in [4.69, 9.17) is 4.78 Å². The highest BCUT2D eigenvalue weighted by molar-refractivity contribution is 7.91. The number of amidine groups is 1. The fourth-order valence-electron chi connectivity index (χ4n) is 2.49. The first kappa shape index (κ1) is 17.3. The number of anilines is 1. The molecular formula is C14H17FN6O3S. The van der Waals surface area contributed by atoms with Crippen molar-refractivity contribution in [2.75, 3.05) is 23.9 Å². The predicted octanol–water partition coefficient (Wildman–Crippen LogP) is 1.32. The van der Waals surface area contributed by atoms with Gasteiger partial charge in [0, 0.05) is 28.3 Å². The average molecular weight is 368 g/mol. The van der Waals surface area contributed by atoms with Gasteiger partial charge in [0.05, 0.1) is 6.04 Å². The standard InChI is InChI=1S/C14H17FN6O3S/c1-25(16,23)5-4-17-13-12(20-24-21-13)14(19-22)18-11-6-8-2-3-9(15)7-10(8)11/h2-3,7,11,16,22H,4-6H2,1H3,(H,17,21)(H,18,19). The van der Waals surface area contributed by atoms with Crippen molar-refractivity contribution in [2.45, 2.75) is 12.5 Å². The second kappa shape index (κ2) is 6.76. The first-order valence-electron chi connectivity index (χ1n) is 7.42. The zero-order valence-corrected chi connectivity index (χ0v) is 14.1. The Hall–Kier alpha value is -2.53. The molecule has 0 saturated carbocycles. The first-order chi connectivity index (χ1) is 11.9. The first-order valence-corrected chi connectivity index (χ1v) is 9.55. The van der Waals surface area contributed by atoms with Crippen molar-refractivity contribution in [3.63, 3.8) is 0 Å². The van der Waals surface area contributed by atoms with Crippen LogP contribution in [0.2, 0.25) is 0 Å². The van der Waals surface area contributed by atoms with Crippen molar-refractivity contribution in [3.8, 4) is 0 Å². The lowest BCUT2D eigenvalue weighted by molar-refractivity contribution is 0.232. The number of aliphatic imine (C=N–C) groups is 1. The molecule has 2 aromatic rings. The summed E-state index contributed by atoms with van der Waals surface area (Å²) in [5, 5.41) is 19.6. The highest BCUT2D eigenvalue weighted by Crippen LogP contribution is 2.36. The van der Waals surface area contributed by atoms with E-state index in [1.54, 1.807) is 6.07 Å². The molecule has 1 aliphatic rings. The van der Waals surface area contributed by atoms with Crippen molar-refractivity contribution in [1.29, 1.82) is 4.78 Å². The second-order valence-electron chi connectivity index (χ2n) is 5.75. The van der Waals surface area contributed by atoms with Crippen LogP contribution < -0.4 is 10.8 Å². The second-order valence-corrected chi connectivity index (χ2v) is 8.17. The molecule has 9 nitrogen and oxygen atoms in total. The van der Waals surface area contributed by atoms with Gasteiger partial charge in [-0.15, -0.1) is 0 Å². The third-order valence-electron chi connectivity index (χ3n) is 3.77. The van der Waals surface area contributed by atoms with Crippen molar-refractivity contribution < 1.29 is 18.4 Å². The Morgan fingerprint density at radius 3 is 3.08 bits per heavy atom. The summed E-state index contributed by atoms with van der Waals surface area (Å²) in [6, 6.07) is 4.20. The lowest BCUT2D eigenvalue weighted by atomic mass is 9.83. The van der Waals surface area contributed by atoms with Crippen LogP contribution in [0.25, 0.3) is 0 Å². The van der Waals surface area contributed by atoms with Crippen molar-refractivity contribution in [2.24, 2.45) is 4.99 Å². The molecule has 0 spiro atoms. The topological polar surface area (TPSA) is 136 Å². The highest BCUT2D eigenvalue weighted by atomic mass is 32.2. The molecule has 25 heavy (non-hydrogen) atoms. The van der Waals surface area contributed by atoms with Gasteiger partial charge in [-0.25, -0.2) is 9.02 Å². The fourth-order valence-corrected chi connectivity index (χ4v) is 2.98. The zero-order valence-electron chi connectivity index (χ0n) is 13.3. The Bertz CT molecular complexity index is 911. The molecule has 2 atom stereocenters. The molecule has 0 amide bonds. The number of fused-ring (bicyclic) bond motifs is 1. The van der Waals surface area contributed by atoms with Gasteiger partial charge >= 0.3 is 0 Å². The normalized spacial score (nSPS) is 18.8. The van der Waals surface area contributed by atoms with Crippen LogP contribution in [0, 0.1) is 10.6 Å². The summed E-state index contributed by atoms with van der Waals surface area (Å²) in [7, 11) is -2.64. The Kier molecular flexibility index (Phi) is 4.68. The monoisotopic (exact) mass is 368 g/mol. The number of halogens is 1. The van der Waals surface area contributed by atoms with Crippen molar-refractivity contribution in [3.05, 3.63) is 40.8 Å². The van der Waals surface area contributed by atoms with Crippen LogP contribution in [0.1, 0.15) is 22.9 Å². The lowest BCUT2D eigenvalue weighted by Crippen LogP contribution is -2.26. The minimum absolute atomic E-state index is 0.0202. The number of hydroxylamine groups is 1. The minimum Gasteiger partial charge on any atom is -0.364 e. The van der Waals surface area contributed by atoms with Crippen LogP contribution in [0.15, 0.2) is 27.8 Å². The Labute approximate surface area is 143 Å². The van der Waals surface area contributed by atoms with Crippen molar-refractivity contribution >= 4 is 21.4 Å². The maximum absolute atomic E-state index is 13.3. The molecule has 1 aliphatic carbocycles. The summed E-state index contributed by atoms with van der Waals surface area (Å²) >= 11 is 0. The number of nitrogens with one attached hydrogen (secondary N) is 3. The van der Waals surface area contributed by atoms with Gasteiger partial charge in [0.15, 0.2) is 11.5 Å². The molecule has 1 aromatic heterocycles. The van der Waals surface area contributed by atoms with E-state index in [1.807, 2.05) is 5.48 Å². The quantitative estimate of drug-likeness (QED) is 0.343. The van der Waals surface area contributed by atoms with E-state index in [9.17, 15) is 13.8 Å². The van der Waals surface area contributed by atoms with E-state index in [2.05, 4.69) is 25.3 Å². The summed E-state index contributed by atoms with van der Waals surface area (Å²) in [5.74, 6) is -0.0103. The average Bonchev–Trinajstić information content (AvgIpc) is 2.98. The largest absolute Gasteiger partial charge is 0.364 e. The smallest absolute Gasteiger partial charge is 0.202 e. The van der Waals surface area contributed by atoms with Crippen LogP contribution in [0.3, 0.4) is 0 Å². The van der Waals surface area contributed by atoms with Gasteiger partial charge in [0.25, 0.3) is 0 Å². The summed E-state index contributed by atoms with van der Waals surface area (Å²) in [5.41, 5.74) is 3.84. The van der Waals surface area contributed by atoms with Crippen LogP contribution in [-0.4, -0.2) is 44.1 Å². The molecule has 2 unspecified atom stereocenters. The number of hydrogen-bond donors (Lipinski definition) is 4. The van der Waals surface area contributed by atoms with E-state index in [1.165, 1.54) is 18.4 Å². The van der Waals surface area contributed by atoms with E-state index in [0.29, 0.717) is 6.42 Å². The van der Waals surface area contributed by atoms with E-state index in [-0.39, 0.29) is 41.5 Å². The fraction of sp³-hybridized carbons (Fsp3) is 0.357. The predicted molar refractivity (Wildman–Crippen MR) is 88.7 cm³/mol. The number of aromatic nitrogens is 2. The van der Waals surface area contributed by atoms with Gasteiger partial charge in [0.2, 0.25) is 5.82 Å². The summed E-state index contributed by atoms with van der Waals surface area (Å²) in [6.45, 7) is 0.218. The van der Waals surface area contributed by atoms with Gasteiger partial charge in [-0.2, -0.15) is 0 Å². The Balaban J connectivity index is 1.77. The van der Waals surface area contributed by atoms with Gasteiger partial charge in [-0.05, 0) is 40.0 Å². The number of rotatable bonds is 6. The van der Waals surface area contributed by atoms with Crippen LogP contribution >= 0.6 is 0 Å². The molecule has 0 bridgehead atoms. The third kappa shape index (κ3) is 3.94. The molecule has 3 rings (SSSR count). The molecule has 0 saturated heterocycles. The highest BCUT2D eigenvalue weighted by Gasteiger charge is 2.28. The van der Waals surface area contributed by atoms with E-state index >= 15 is 0 Å². The van der Waals surface area contributed by atoms with E-state index < -0.39 is 9.73 Å². The Morgan fingerprint density at radius 2 is 2.36 bits per heavy atom. The molecule has 0 radical (unpaired) electrons. The summed E-state index contributed by atoms with van der Waals surface area (Å²) in [6.07, 6.45) is 1.96. The lowest BCUT2D eigenvalue weighted by Gasteiger charge is -2.27. The summed E-state index contributed by atoms with van der Waals surface area (Å²) in [4.78, 5) is 4.34. The molecule has 1 aromatic carbocycles. The molecule has 0 fully saturated rings. The summed E-state index contributed by atoms with van der Waals surface area (Å²) < 4.78 is 36.8. The molecular weight excluding hydrogens is 351 g/mol. The zero-order chi connectivity index (χ0) is 18.0. The Morgan fingerprint density at radius 1 is 1.56 bits per heavy atom. The van der Waals surface area contributed by atoms with Gasteiger partial charge in [0.1, 0.15) is 5.82 Å². The molecule has 4 N–H and O–H groups in total. The van der Waals surface area contributed by atoms with E-state index in [0.717, 1.165) is 11.1 Å². The maximum atomic E-state index is 13.3. The van der Waals surface area contributed by atoms with Crippen LogP contribution in [0.5, 0.6) is 0 Å². The maximum Gasteiger partial charge on any atom is 0.202 e. The van der Waals surface area contributed by atoms with Crippen LogP contribution in [0.4, 0.5) is 10.2 Å². The molecule has 11 heteroatoms. The SMILES string of the molecule is CS(=N)(=O)CCNc1nonc1C(=NC1Cc2ccc(F)cc21)NO. The van der Waals surface area contributed by atoms with Gasteiger partial charge in [-0.1, -0.05) is 6.07 Å². The number of hydrogen-bond acceptors (Lipinski definition) is 8. The van der Waals surface area contributed by atoms with Gasteiger partial charge < -0.3 is 5.32 Å². The molecule has 0 aliphatic heterocycles. The molecule has 1 heterocycles. The van der Waals surface area contributed by atoms with Crippen molar-refractivity contribution in [1.82, 2.24) is 15.8 Å². The number of nitrogens with zero attached hydrogens (tertiary/aromatic N) is 3. The minimum atomic E-state index is -2.64.